The fourth-order valence-electron chi connectivity index (χ4n) is 1.35. The topological polar surface area (TPSA) is 95.6 Å². The molecule has 0 aliphatic rings. The average molecular weight is 244 g/mol. The Morgan fingerprint density at radius 3 is 2.75 bits per heavy atom. The molecule has 1 rings (SSSR count). The third kappa shape index (κ3) is 5.28. The van der Waals surface area contributed by atoms with E-state index in [9.17, 15) is 4.57 Å². The van der Waals surface area contributed by atoms with Crippen molar-refractivity contribution in [3.05, 3.63) is 29.8 Å². The van der Waals surface area contributed by atoms with Crippen LogP contribution in [0.2, 0.25) is 0 Å². The number of hydrogen-bond donors (Lipinski definition) is 4. The van der Waals surface area contributed by atoms with Crippen LogP contribution in [0.3, 0.4) is 0 Å². The van der Waals surface area contributed by atoms with Gasteiger partial charge in [0, 0.05) is 12.2 Å². The Kier molecular flexibility index (Phi) is 4.96. The molecular formula is C10H17N2O3P. The van der Waals surface area contributed by atoms with Crippen molar-refractivity contribution in [3.8, 4) is 0 Å². The summed E-state index contributed by atoms with van der Waals surface area (Å²) in [5, 5.41) is 2.97. The highest BCUT2D eigenvalue weighted by Gasteiger charge is 2.11. The quantitative estimate of drug-likeness (QED) is 0.554. The summed E-state index contributed by atoms with van der Waals surface area (Å²) in [4.78, 5) is 17.4. The van der Waals surface area contributed by atoms with Crippen LogP contribution in [0.4, 0.5) is 5.69 Å². The van der Waals surface area contributed by atoms with Crippen molar-refractivity contribution >= 4 is 13.3 Å². The number of rotatable bonds is 6. The molecule has 0 saturated heterocycles. The second-order valence-corrected chi connectivity index (χ2v) is 5.33. The Hall–Kier alpha value is -0.870. The Labute approximate surface area is 94.8 Å². The molecule has 1 aromatic carbocycles. The zero-order valence-electron chi connectivity index (χ0n) is 8.97. The molecule has 5 N–H and O–H groups in total. The van der Waals surface area contributed by atoms with Gasteiger partial charge in [-0.05, 0) is 30.7 Å². The molecule has 16 heavy (non-hydrogen) atoms. The number of anilines is 1. The highest BCUT2D eigenvalue weighted by atomic mass is 31.2. The minimum Gasteiger partial charge on any atom is -0.384 e. The van der Waals surface area contributed by atoms with Gasteiger partial charge in [0.25, 0.3) is 0 Å². The van der Waals surface area contributed by atoms with Crippen LogP contribution in [0.5, 0.6) is 0 Å². The van der Waals surface area contributed by atoms with Crippen LogP contribution in [0, 0.1) is 0 Å². The standard InChI is InChI=1S/C10H17N2O3P/c11-5-4-9-2-1-3-10(8-9)12-6-7-16(13,14)15/h1-3,8,12H,4-7,11H2,(H2,13,14,15). The third-order valence-corrected chi connectivity index (χ3v) is 2.90. The van der Waals surface area contributed by atoms with Gasteiger partial charge in [-0.15, -0.1) is 0 Å². The van der Waals surface area contributed by atoms with Gasteiger partial charge in [0.15, 0.2) is 0 Å². The van der Waals surface area contributed by atoms with E-state index in [-0.39, 0.29) is 12.7 Å². The van der Waals surface area contributed by atoms with Gasteiger partial charge in [0.05, 0.1) is 6.16 Å². The molecule has 0 spiro atoms. The van der Waals surface area contributed by atoms with Crippen LogP contribution in [0.25, 0.3) is 0 Å². The maximum absolute atomic E-state index is 10.6. The zero-order valence-corrected chi connectivity index (χ0v) is 9.86. The predicted octanol–water partition coefficient (Wildman–Crippen LogP) is 0.777. The summed E-state index contributed by atoms with van der Waals surface area (Å²) in [5.41, 5.74) is 7.42. The molecule has 0 heterocycles. The molecule has 6 heteroatoms. The summed E-state index contributed by atoms with van der Waals surface area (Å²) in [6.45, 7) is 0.849. The smallest absolute Gasteiger partial charge is 0.327 e. The van der Waals surface area contributed by atoms with Gasteiger partial charge in [-0.1, -0.05) is 12.1 Å². The van der Waals surface area contributed by atoms with Gasteiger partial charge in [-0.3, -0.25) is 4.57 Å². The normalized spacial score (nSPS) is 11.4. The minimum atomic E-state index is -3.91. The Morgan fingerprint density at radius 2 is 2.12 bits per heavy atom. The van der Waals surface area contributed by atoms with Crippen molar-refractivity contribution in [2.45, 2.75) is 6.42 Å². The molecule has 0 radical (unpaired) electrons. The molecular weight excluding hydrogens is 227 g/mol. The summed E-state index contributed by atoms with van der Waals surface area (Å²) in [6.07, 6.45) is 0.641. The Morgan fingerprint density at radius 1 is 1.38 bits per heavy atom. The largest absolute Gasteiger partial charge is 0.384 e. The van der Waals surface area contributed by atoms with Gasteiger partial charge in [0.2, 0.25) is 0 Å². The third-order valence-electron chi connectivity index (χ3n) is 2.09. The maximum atomic E-state index is 10.6. The molecule has 0 amide bonds. The van der Waals surface area contributed by atoms with Crippen LogP contribution in [0.1, 0.15) is 5.56 Å². The number of hydrogen-bond acceptors (Lipinski definition) is 3. The van der Waals surface area contributed by atoms with Crippen LogP contribution in [-0.2, 0) is 11.0 Å². The van der Waals surface area contributed by atoms with Crippen molar-refractivity contribution in [3.63, 3.8) is 0 Å². The monoisotopic (exact) mass is 244 g/mol. The molecule has 1 aromatic rings. The van der Waals surface area contributed by atoms with Crippen molar-refractivity contribution in [1.29, 1.82) is 0 Å². The van der Waals surface area contributed by atoms with E-state index in [0.717, 1.165) is 17.7 Å². The molecule has 0 aromatic heterocycles. The number of benzene rings is 1. The second kappa shape index (κ2) is 6.01. The molecule has 0 aliphatic heterocycles. The van der Waals surface area contributed by atoms with E-state index in [0.29, 0.717) is 6.54 Å². The first-order valence-electron chi connectivity index (χ1n) is 5.09. The first-order chi connectivity index (χ1) is 7.51. The van der Waals surface area contributed by atoms with E-state index >= 15 is 0 Å². The van der Waals surface area contributed by atoms with Gasteiger partial charge in [-0.25, -0.2) is 0 Å². The average Bonchev–Trinajstić information content (AvgIpc) is 2.17. The Balaban J connectivity index is 2.47. The molecule has 0 saturated carbocycles. The number of nitrogens with one attached hydrogen (secondary N) is 1. The van der Waals surface area contributed by atoms with Crippen molar-refractivity contribution in [2.75, 3.05) is 24.6 Å². The van der Waals surface area contributed by atoms with Crippen molar-refractivity contribution in [1.82, 2.24) is 0 Å². The van der Waals surface area contributed by atoms with Gasteiger partial charge in [0.1, 0.15) is 0 Å². The van der Waals surface area contributed by atoms with Crippen LogP contribution >= 0.6 is 7.60 Å². The molecule has 0 atom stereocenters. The SMILES string of the molecule is NCCc1cccc(NCCP(=O)(O)O)c1. The number of nitrogens with two attached hydrogens (primary N) is 1. The summed E-state index contributed by atoms with van der Waals surface area (Å²) in [7, 11) is -3.91. The van der Waals surface area contributed by atoms with Crippen molar-refractivity contribution in [2.24, 2.45) is 5.73 Å². The lowest BCUT2D eigenvalue weighted by molar-refractivity contribution is 0.374. The zero-order chi connectivity index (χ0) is 12.0. The van der Waals surface area contributed by atoms with E-state index in [1.807, 2.05) is 24.3 Å². The first kappa shape index (κ1) is 13.2. The molecule has 90 valence electrons. The van der Waals surface area contributed by atoms with E-state index in [4.69, 9.17) is 15.5 Å². The lowest BCUT2D eigenvalue weighted by atomic mass is 10.1. The van der Waals surface area contributed by atoms with Gasteiger partial charge < -0.3 is 20.8 Å². The lowest BCUT2D eigenvalue weighted by Crippen LogP contribution is -2.07. The van der Waals surface area contributed by atoms with Crippen molar-refractivity contribution < 1.29 is 14.4 Å². The van der Waals surface area contributed by atoms with Crippen LogP contribution < -0.4 is 11.1 Å². The first-order valence-corrected chi connectivity index (χ1v) is 6.88. The molecule has 5 nitrogen and oxygen atoms in total. The molecule has 0 aliphatic carbocycles. The lowest BCUT2D eigenvalue weighted by Gasteiger charge is -2.08. The van der Waals surface area contributed by atoms with E-state index in [2.05, 4.69) is 5.32 Å². The van der Waals surface area contributed by atoms with Gasteiger partial charge >= 0.3 is 7.60 Å². The predicted molar refractivity (Wildman–Crippen MR) is 64.6 cm³/mol. The molecule has 0 bridgehead atoms. The fourth-order valence-corrected chi connectivity index (χ4v) is 1.75. The second-order valence-electron chi connectivity index (χ2n) is 3.55. The summed E-state index contributed by atoms with van der Waals surface area (Å²) in [6, 6.07) is 7.66. The molecule has 0 unspecified atom stereocenters. The summed E-state index contributed by atoms with van der Waals surface area (Å²) in [5.74, 6) is 0. The highest BCUT2D eigenvalue weighted by Crippen LogP contribution is 2.33. The summed E-state index contributed by atoms with van der Waals surface area (Å²) >= 11 is 0. The maximum Gasteiger partial charge on any atom is 0.327 e. The van der Waals surface area contributed by atoms with Gasteiger partial charge in [-0.2, -0.15) is 0 Å². The van der Waals surface area contributed by atoms with E-state index < -0.39 is 7.60 Å². The summed E-state index contributed by atoms with van der Waals surface area (Å²) < 4.78 is 10.6. The fraction of sp³-hybridized carbons (Fsp3) is 0.400. The Bertz CT molecular complexity index is 378. The highest BCUT2D eigenvalue weighted by molar-refractivity contribution is 7.51. The van der Waals surface area contributed by atoms with E-state index in [1.165, 1.54) is 0 Å². The minimum absolute atomic E-state index is 0.159. The molecule has 0 fully saturated rings. The van der Waals surface area contributed by atoms with Crippen LogP contribution in [-0.4, -0.2) is 29.0 Å². The van der Waals surface area contributed by atoms with Crippen LogP contribution in [0.15, 0.2) is 24.3 Å². The van der Waals surface area contributed by atoms with E-state index in [1.54, 1.807) is 0 Å².